The van der Waals surface area contributed by atoms with Crippen molar-refractivity contribution in [3.8, 4) is 0 Å². The highest BCUT2D eigenvalue weighted by atomic mass is 32.7. The number of aliphatic imine (C=N–C) groups is 2. The summed E-state index contributed by atoms with van der Waals surface area (Å²) in [5, 5.41) is 8.05. The molecule has 46 heavy (non-hydrogen) atoms. The van der Waals surface area contributed by atoms with Gasteiger partial charge in [-0.15, -0.1) is 11.8 Å². The van der Waals surface area contributed by atoms with Crippen LogP contribution < -0.4 is 11.1 Å². The maximum absolute atomic E-state index is 16.1. The number of hydrogen-bond donors (Lipinski definition) is 5. The average molecular weight is 737 g/mol. The van der Waals surface area contributed by atoms with Crippen molar-refractivity contribution in [2.24, 2.45) is 9.98 Å². The third kappa shape index (κ3) is 5.03. The normalized spacial score (nSPS) is 43.9. The summed E-state index contributed by atoms with van der Waals surface area (Å²) in [6.45, 7) is -9.57. The fourth-order valence-electron chi connectivity index (χ4n) is 6.05. The fraction of sp³-hybridized carbons (Fsp3) is 0.571. The number of nitrogens with two attached hydrogens (primary N) is 1. The molecule has 2 aromatic rings. The van der Waals surface area contributed by atoms with Crippen LogP contribution in [0.3, 0.4) is 0 Å². The summed E-state index contributed by atoms with van der Waals surface area (Å²) >= 11 is 10.5. The highest BCUT2D eigenvalue weighted by Gasteiger charge is 2.65. The van der Waals surface area contributed by atoms with E-state index in [1.54, 1.807) is 4.57 Å². The first-order valence-corrected chi connectivity index (χ1v) is 19.7. The van der Waals surface area contributed by atoms with E-state index in [2.05, 4.69) is 42.5 Å². The number of ether oxygens (including phenoxy) is 2. The molecule has 246 valence electrons. The van der Waals surface area contributed by atoms with Crippen molar-refractivity contribution in [1.29, 1.82) is 5.41 Å². The van der Waals surface area contributed by atoms with Crippen molar-refractivity contribution >= 4 is 90.4 Å². The number of nitrogens with one attached hydrogen (secondary N) is 2. The van der Waals surface area contributed by atoms with Gasteiger partial charge in [-0.05, 0) is 11.8 Å². The van der Waals surface area contributed by atoms with Crippen molar-refractivity contribution in [1.82, 2.24) is 29.7 Å². The number of alkyl halides is 1. The number of amides is 1. The number of amidine groups is 1. The molecule has 6 aliphatic rings. The number of thiol groups is 1. The smallest absolute Gasteiger partial charge is 0.382 e. The highest BCUT2D eigenvalue weighted by molar-refractivity contribution is 8.44. The number of thioether (sulfide) groups is 1. The number of carbonyl (C=O) groups is 1. The van der Waals surface area contributed by atoms with Gasteiger partial charge in [0.2, 0.25) is 5.96 Å². The highest BCUT2D eigenvalue weighted by Crippen LogP contribution is 2.61. The molecule has 1 amide bonds. The van der Waals surface area contributed by atoms with Crippen LogP contribution in [0.1, 0.15) is 6.23 Å². The third-order valence-electron chi connectivity index (χ3n) is 8.11. The number of rotatable bonds is 2. The second-order valence-corrected chi connectivity index (χ2v) is 18.0. The summed E-state index contributed by atoms with van der Waals surface area (Å²) in [5.74, 6) is -0.812. The van der Waals surface area contributed by atoms with E-state index in [4.69, 9.17) is 50.5 Å². The van der Waals surface area contributed by atoms with Crippen LogP contribution in [0.2, 0.25) is 0 Å². The Bertz CT molecular complexity index is 1820. The van der Waals surface area contributed by atoms with E-state index in [1.807, 2.05) is 0 Å². The zero-order valence-electron chi connectivity index (χ0n) is 22.9. The van der Waals surface area contributed by atoms with Gasteiger partial charge in [0.25, 0.3) is 5.91 Å². The summed E-state index contributed by atoms with van der Waals surface area (Å²) in [6.07, 6.45) is -2.35. The summed E-state index contributed by atoms with van der Waals surface area (Å²) in [6, 6.07) is -1.07. The molecule has 6 aliphatic heterocycles. The van der Waals surface area contributed by atoms with E-state index in [0.717, 1.165) is 11.8 Å². The maximum atomic E-state index is 16.1. The topological polar surface area (TPSA) is 243 Å². The zero-order valence-corrected chi connectivity index (χ0v) is 27.2. The van der Waals surface area contributed by atoms with Gasteiger partial charge in [-0.3, -0.25) is 38.7 Å². The van der Waals surface area contributed by atoms with Crippen molar-refractivity contribution < 1.29 is 46.2 Å². The van der Waals surface area contributed by atoms with Crippen LogP contribution in [0.25, 0.3) is 11.2 Å². The molecule has 5 N–H and O–H groups in total. The third-order valence-corrected chi connectivity index (χ3v) is 12.8. The minimum atomic E-state index is -4.38. The minimum absolute atomic E-state index is 0.0561. The van der Waals surface area contributed by atoms with E-state index in [1.165, 1.54) is 23.9 Å². The number of guanidine groups is 1. The first kappa shape index (κ1) is 31.1. The molecule has 4 fully saturated rings. The van der Waals surface area contributed by atoms with E-state index in [-0.39, 0.29) is 18.3 Å². The minimum Gasteiger partial charge on any atom is -0.382 e. The van der Waals surface area contributed by atoms with Gasteiger partial charge in [0.1, 0.15) is 53.1 Å². The summed E-state index contributed by atoms with van der Waals surface area (Å²) in [4.78, 5) is 45.6. The summed E-state index contributed by atoms with van der Waals surface area (Å²) in [5.41, 5.74) is 5.08. The van der Waals surface area contributed by atoms with Gasteiger partial charge in [-0.25, -0.2) is 23.9 Å². The number of carbonyl (C=O) groups excluding carboxylic acids is 1. The molecule has 25 heteroatoms. The monoisotopic (exact) mass is 736 g/mol. The van der Waals surface area contributed by atoms with Crippen LogP contribution >= 0.6 is 37.5 Å². The standard InChI is InChI=1S/C21H23FN10O9P2S3/c22-8-7-1-37-42(34,44)41-13-12-18(31-5-27-9-14(23)25-4-26-15(9)31)39-21(13,2-36-12)3-38-43(35,45)40-11(8)19(46-7)32-6-28-10-16(32)29-20(24)30-17(10)33/h4-8,10-13,18-19H,1-3H2,(H,34,44)(H,35,45)(H2,23,25,26)(H2,24,30,33)/t7-,8+,10?,11-,12-,13+,18-,19-,21?,42?,43?/m1/s1. The largest absolute Gasteiger partial charge is 0.386 e. The summed E-state index contributed by atoms with van der Waals surface area (Å²) in [7, 11) is 0. The predicted octanol–water partition coefficient (Wildman–Crippen LogP) is 0.102. The Morgan fingerprint density at radius 2 is 2.09 bits per heavy atom. The first-order valence-electron chi connectivity index (χ1n) is 13.5. The second kappa shape index (κ2) is 10.9. The molecule has 0 aliphatic carbocycles. The number of halogens is 1. The van der Waals surface area contributed by atoms with Crippen LogP contribution in [-0.2, 0) is 48.7 Å². The molecule has 0 radical (unpaired) electrons. The molecule has 11 atom stereocenters. The van der Waals surface area contributed by atoms with Gasteiger partial charge in [-0.1, -0.05) is 12.2 Å². The molecule has 19 nitrogen and oxygen atoms in total. The lowest BCUT2D eigenvalue weighted by Crippen LogP contribution is -2.52. The van der Waals surface area contributed by atoms with Crippen molar-refractivity contribution in [3.05, 3.63) is 12.7 Å². The molecule has 0 spiro atoms. The lowest BCUT2D eigenvalue weighted by atomic mass is 10.0. The quantitative estimate of drug-likeness (QED) is 0.203. The Morgan fingerprint density at radius 3 is 2.91 bits per heavy atom. The van der Waals surface area contributed by atoms with Crippen LogP contribution in [0, 0.1) is 5.41 Å². The Morgan fingerprint density at radius 1 is 1.26 bits per heavy atom. The van der Waals surface area contributed by atoms with Crippen LogP contribution in [-0.4, -0.2) is 120 Å². The van der Waals surface area contributed by atoms with Crippen LogP contribution in [0.4, 0.5) is 10.2 Å². The Kier molecular flexibility index (Phi) is 7.41. The predicted molar refractivity (Wildman–Crippen MR) is 165 cm³/mol. The number of imidazole rings is 1. The zero-order chi connectivity index (χ0) is 32.2. The van der Waals surface area contributed by atoms with Gasteiger partial charge in [0.05, 0.1) is 37.7 Å². The van der Waals surface area contributed by atoms with Gasteiger partial charge < -0.3 is 29.5 Å². The molecule has 2 aromatic heterocycles. The number of aromatic nitrogens is 4. The SMILES string of the molecule is N=C1N=C2C(N=CN2[C@@H]2S[C@@H]3COP(O)(=S)O[C@H]4[C@H]5OCC4(COP(=O)(S)O[C@@H]2[C@H]3F)O[C@H]5n2cnc3c(N)ncnc32)C(=O)N1. The average Bonchev–Trinajstić information content (AvgIpc) is 3.80. The number of nitrogens with zero attached hydrogens (tertiary/aromatic N) is 7. The fourth-order valence-corrected chi connectivity index (χ4v) is 10.6. The molecule has 4 unspecified atom stereocenters. The molecule has 4 saturated heterocycles. The molecule has 0 saturated carbocycles. The van der Waals surface area contributed by atoms with Crippen molar-refractivity contribution in [2.75, 3.05) is 25.6 Å². The number of fused-ring (bicyclic) bond motifs is 4. The van der Waals surface area contributed by atoms with E-state index in [0.29, 0.717) is 11.2 Å². The first-order chi connectivity index (χ1) is 21.8. The summed E-state index contributed by atoms with van der Waals surface area (Å²) < 4.78 is 66.9. The van der Waals surface area contributed by atoms with Gasteiger partial charge in [0, 0.05) is 0 Å². The van der Waals surface area contributed by atoms with E-state index < -0.39 is 91.6 Å². The van der Waals surface area contributed by atoms with Crippen molar-refractivity contribution in [2.45, 2.75) is 53.0 Å². The molecular weight excluding hydrogens is 713 g/mol. The van der Waals surface area contributed by atoms with E-state index in [9.17, 15) is 14.3 Å². The molecule has 8 heterocycles. The van der Waals surface area contributed by atoms with Gasteiger partial charge in [0.15, 0.2) is 23.7 Å². The molecule has 0 aromatic carbocycles. The lowest BCUT2D eigenvalue weighted by Gasteiger charge is -2.34. The lowest BCUT2D eigenvalue weighted by molar-refractivity contribution is -0.182. The number of nitrogen functional groups attached to an aromatic ring is 1. The van der Waals surface area contributed by atoms with Gasteiger partial charge >= 0.3 is 13.5 Å². The molecular formula is C21H23FN10O9P2S3. The van der Waals surface area contributed by atoms with Crippen LogP contribution in [0.15, 0.2) is 22.6 Å². The second-order valence-electron chi connectivity index (χ2n) is 10.9. The Labute approximate surface area is 272 Å². The Balaban J connectivity index is 1.11. The molecule has 4 bridgehead atoms. The number of hydrogen-bond acceptors (Lipinski definition) is 17. The number of anilines is 1. The van der Waals surface area contributed by atoms with Gasteiger partial charge in [-0.2, -0.15) is 4.99 Å². The maximum Gasteiger partial charge on any atom is 0.386 e. The Hall–Kier alpha value is -2.14. The molecule has 8 rings (SSSR count). The van der Waals surface area contributed by atoms with Crippen molar-refractivity contribution in [3.63, 3.8) is 0 Å². The van der Waals surface area contributed by atoms with Crippen LogP contribution in [0.5, 0.6) is 0 Å². The van der Waals surface area contributed by atoms with E-state index >= 15 is 4.39 Å².